The molecule has 0 saturated heterocycles. The Labute approximate surface area is 156 Å². The summed E-state index contributed by atoms with van der Waals surface area (Å²) >= 11 is 0. The normalized spacial score (nSPS) is 11.6. The predicted octanol–water partition coefficient (Wildman–Crippen LogP) is 2.52. The molecule has 140 valence electrons. The third-order valence-corrected chi connectivity index (χ3v) is 5.45. The number of rotatable bonds is 7. The van der Waals surface area contributed by atoms with Crippen LogP contribution in [0.4, 0.5) is 0 Å². The lowest BCUT2D eigenvalue weighted by molar-refractivity contribution is 0.0696. The van der Waals surface area contributed by atoms with Gasteiger partial charge in [-0.3, -0.25) is 4.98 Å². The van der Waals surface area contributed by atoms with E-state index in [1.165, 1.54) is 19.2 Å². The summed E-state index contributed by atoms with van der Waals surface area (Å²) in [7, 11) is -2.42. The van der Waals surface area contributed by atoms with Gasteiger partial charge in [0.15, 0.2) is 0 Å². The lowest BCUT2D eigenvalue weighted by Crippen LogP contribution is -2.27. The van der Waals surface area contributed by atoms with Crippen molar-refractivity contribution in [1.82, 2.24) is 9.71 Å². The maximum atomic E-state index is 12.6. The van der Waals surface area contributed by atoms with Crippen LogP contribution in [0.1, 0.15) is 10.4 Å². The van der Waals surface area contributed by atoms with Crippen LogP contribution in [0.2, 0.25) is 0 Å². The molecule has 0 radical (unpaired) electrons. The maximum Gasteiger partial charge on any atom is 0.335 e. The van der Waals surface area contributed by atoms with E-state index in [-0.39, 0.29) is 23.6 Å². The van der Waals surface area contributed by atoms with Crippen molar-refractivity contribution in [2.75, 3.05) is 20.3 Å². The molecule has 0 aliphatic rings. The fraction of sp³-hybridized carbons (Fsp3) is 0.158. The highest BCUT2D eigenvalue weighted by Crippen LogP contribution is 2.30. The lowest BCUT2D eigenvalue weighted by Gasteiger charge is -2.11. The van der Waals surface area contributed by atoms with Crippen LogP contribution in [0.3, 0.4) is 0 Å². The standard InChI is InChI=1S/C19H18N2O5S/c1-26-9-8-21-27(24,25)16-11-14(10-15(12-16)19(22)23)17-6-2-4-13-5-3-7-20-18(13)17/h2-7,10-12,21H,8-9H2,1H3,(H,22,23). The number of carboxylic acid groups (broad SMARTS) is 1. The van der Waals surface area contributed by atoms with Gasteiger partial charge >= 0.3 is 5.97 Å². The van der Waals surface area contributed by atoms with E-state index in [0.29, 0.717) is 16.6 Å². The summed E-state index contributed by atoms with van der Waals surface area (Å²) < 4.78 is 32.4. The molecule has 0 bridgehead atoms. The summed E-state index contributed by atoms with van der Waals surface area (Å²) in [6, 6.07) is 13.2. The minimum atomic E-state index is -3.89. The maximum absolute atomic E-state index is 12.6. The van der Waals surface area contributed by atoms with Crippen LogP contribution in [-0.2, 0) is 14.8 Å². The molecule has 0 saturated carbocycles. The average Bonchev–Trinajstić information content (AvgIpc) is 2.67. The van der Waals surface area contributed by atoms with Crippen LogP contribution in [-0.4, -0.2) is 44.7 Å². The van der Waals surface area contributed by atoms with Crippen molar-refractivity contribution in [3.8, 4) is 11.1 Å². The Kier molecular flexibility index (Phi) is 5.50. The second-order valence-electron chi connectivity index (χ2n) is 5.82. The van der Waals surface area contributed by atoms with E-state index < -0.39 is 16.0 Å². The van der Waals surface area contributed by atoms with Crippen molar-refractivity contribution in [3.05, 3.63) is 60.3 Å². The monoisotopic (exact) mass is 386 g/mol. The number of benzene rings is 2. The van der Waals surface area contributed by atoms with E-state index in [1.807, 2.05) is 18.2 Å². The number of methoxy groups -OCH3 is 1. The van der Waals surface area contributed by atoms with Gasteiger partial charge < -0.3 is 9.84 Å². The van der Waals surface area contributed by atoms with E-state index >= 15 is 0 Å². The Morgan fingerprint density at radius 3 is 2.70 bits per heavy atom. The van der Waals surface area contributed by atoms with Crippen molar-refractivity contribution in [2.45, 2.75) is 4.90 Å². The average molecular weight is 386 g/mol. The van der Waals surface area contributed by atoms with E-state index in [4.69, 9.17) is 4.74 Å². The number of nitrogens with zero attached hydrogens (tertiary/aromatic N) is 1. The number of carbonyl (C=O) groups is 1. The van der Waals surface area contributed by atoms with E-state index in [2.05, 4.69) is 9.71 Å². The molecular weight excluding hydrogens is 368 g/mol. The van der Waals surface area contributed by atoms with Crippen molar-refractivity contribution < 1.29 is 23.1 Å². The van der Waals surface area contributed by atoms with Crippen molar-refractivity contribution in [1.29, 1.82) is 0 Å². The van der Waals surface area contributed by atoms with Gasteiger partial charge in [-0.25, -0.2) is 17.9 Å². The van der Waals surface area contributed by atoms with Gasteiger partial charge in [-0.15, -0.1) is 0 Å². The topological polar surface area (TPSA) is 106 Å². The number of hydrogen-bond acceptors (Lipinski definition) is 5. The number of hydrogen-bond donors (Lipinski definition) is 2. The number of carboxylic acids is 1. The molecule has 0 unspecified atom stereocenters. The molecule has 0 atom stereocenters. The molecule has 2 aromatic carbocycles. The highest BCUT2D eigenvalue weighted by Gasteiger charge is 2.19. The Morgan fingerprint density at radius 2 is 1.96 bits per heavy atom. The molecule has 8 heteroatoms. The van der Waals surface area contributed by atoms with Gasteiger partial charge in [-0.2, -0.15) is 0 Å². The van der Waals surface area contributed by atoms with Gasteiger partial charge in [0.2, 0.25) is 10.0 Å². The second kappa shape index (κ2) is 7.83. The number of sulfonamides is 1. The van der Waals surface area contributed by atoms with Crippen LogP contribution >= 0.6 is 0 Å². The minimum Gasteiger partial charge on any atom is -0.478 e. The summed E-state index contributed by atoms with van der Waals surface area (Å²) in [5.41, 5.74) is 1.67. The second-order valence-corrected chi connectivity index (χ2v) is 7.59. The van der Waals surface area contributed by atoms with Gasteiger partial charge in [0.05, 0.1) is 22.6 Å². The molecule has 0 fully saturated rings. The van der Waals surface area contributed by atoms with E-state index in [9.17, 15) is 18.3 Å². The van der Waals surface area contributed by atoms with Crippen molar-refractivity contribution >= 4 is 26.9 Å². The zero-order chi connectivity index (χ0) is 19.4. The molecule has 0 spiro atoms. The zero-order valence-corrected chi connectivity index (χ0v) is 15.4. The Balaban J connectivity index is 2.16. The van der Waals surface area contributed by atoms with Gasteiger partial charge in [-0.05, 0) is 29.8 Å². The van der Waals surface area contributed by atoms with Gasteiger partial charge in [0.25, 0.3) is 0 Å². The molecule has 0 aliphatic heterocycles. The number of fused-ring (bicyclic) bond motifs is 1. The molecule has 3 aromatic rings. The molecule has 1 aromatic heterocycles. The first-order chi connectivity index (χ1) is 12.9. The molecular formula is C19H18N2O5S. The fourth-order valence-corrected chi connectivity index (χ4v) is 3.81. The molecule has 3 rings (SSSR count). The molecule has 0 aliphatic carbocycles. The first-order valence-electron chi connectivity index (χ1n) is 8.13. The summed E-state index contributed by atoms with van der Waals surface area (Å²) in [5.74, 6) is -1.21. The molecule has 1 heterocycles. The largest absolute Gasteiger partial charge is 0.478 e. The molecule has 7 nitrogen and oxygen atoms in total. The van der Waals surface area contributed by atoms with E-state index in [0.717, 1.165) is 11.5 Å². The van der Waals surface area contributed by atoms with Gasteiger partial charge in [0.1, 0.15) is 0 Å². The van der Waals surface area contributed by atoms with Crippen LogP contribution in [0.5, 0.6) is 0 Å². The van der Waals surface area contributed by atoms with E-state index in [1.54, 1.807) is 18.3 Å². The van der Waals surface area contributed by atoms with Gasteiger partial charge in [0, 0.05) is 30.8 Å². The molecule has 0 amide bonds. The van der Waals surface area contributed by atoms with Crippen LogP contribution in [0, 0.1) is 0 Å². The van der Waals surface area contributed by atoms with Gasteiger partial charge in [-0.1, -0.05) is 24.3 Å². The van der Waals surface area contributed by atoms with Crippen LogP contribution < -0.4 is 4.72 Å². The predicted molar refractivity (Wildman–Crippen MR) is 101 cm³/mol. The summed E-state index contributed by atoms with van der Waals surface area (Å²) in [5, 5.41) is 10.3. The number of aromatic carboxylic acids is 1. The van der Waals surface area contributed by atoms with Crippen LogP contribution in [0.25, 0.3) is 22.0 Å². The summed E-state index contributed by atoms with van der Waals surface area (Å²) in [6.45, 7) is 0.291. The quantitative estimate of drug-likeness (QED) is 0.605. The first kappa shape index (κ1) is 19.0. The number of para-hydroxylation sites is 1. The first-order valence-corrected chi connectivity index (χ1v) is 9.62. The Morgan fingerprint density at radius 1 is 1.19 bits per heavy atom. The summed E-state index contributed by atoms with van der Waals surface area (Å²) in [6.07, 6.45) is 1.64. The minimum absolute atomic E-state index is 0.0846. The zero-order valence-electron chi connectivity index (χ0n) is 14.5. The number of aromatic nitrogens is 1. The Bertz CT molecular complexity index is 1090. The summed E-state index contributed by atoms with van der Waals surface area (Å²) in [4.78, 5) is 15.8. The van der Waals surface area contributed by atoms with Crippen molar-refractivity contribution in [2.24, 2.45) is 0 Å². The Hall–Kier alpha value is -2.81. The lowest BCUT2D eigenvalue weighted by atomic mass is 10.00. The third kappa shape index (κ3) is 4.13. The smallest absolute Gasteiger partial charge is 0.335 e. The third-order valence-electron chi connectivity index (χ3n) is 4.01. The number of ether oxygens (including phenoxy) is 1. The van der Waals surface area contributed by atoms with Crippen LogP contribution in [0.15, 0.2) is 59.6 Å². The highest BCUT2D eigenvalue weighted by molar-refractivity contribution is 7.89. The SMILES string of the molecule is COCCNS(=O)(=O)c1cc(C(=O)O)cc(-c2cccc3cccnc23)c1. The molecule has 27 heavy (non-hydrogen) atoms. The molecule has 2 N–H and O–H groups in total. The number of nitrogens with one attached hydrogen (secondary N) is 1. The number of pyridine rings is 1. The highest BCUT2D eigenvalue weighted by atomic mass is 32.2. The van der Waals surface area contributed by atoms with Crippen molar-refractivity contribution in [3.63, 3.8) is 0 Å². The fourth-order valence-electron chi connectivity index (χ4n) is 2.73.